The number of rotatable bonds is 2. The quantitative estimate of drug-likeness (QED) is 0.270. The fraction of sp³-hybridized carbons (Fsp3) is 0. The fourth-order valence-electron chi connectivity index (χ4n) is 0.693. The summed E-state index contributed by atoms with van der Waals surface area (Å²) in [4.78, 5) is 21.4. The van der Waals surface area contributed by atoms with Gasteiger partial charge in [-0.1, -0.05) is 10.2 Å². The van der Waals surface area contributed by atoms with E-state index in [-0.39, 0.29) is 5.69 Å². The van der Waals surface area contributed by atoms with Gasteiger partial charge in [0.1, 0.15) is 5.69 Å². The van der Waals surface area contributed by atoms with Crippen molar-refractivity contribution >= 4 is 34.1 Å². The molecule has 0 aliphatic carbocycles. The minimum atomic E-state index is -0.807. The zero-order valence-corrected chi connectivity index (χ0v) is 9.14. The Hall–Kier alpha value is -2.24. The monoisotopic (exact) mass is 256 g/mol. The predicted molar refractivity (Wildman–Crippen MR) is 58.8 cm³/mol. The molecule has 0 saturated heterocycles. The van der Waals surface area contributed by atoms with E-state index in [1.165, 1.54) is 0 Å². The van der Waals surface area contributed by atoms with E-state index >= 15 is 0 Å². The highest BCUT2D eigenvalue weighted by atomic mass is 32.1. The van der Waals surface area contributed by atoms with E-state index in [0.717, 1.165) is 11.3 Å². The van der Waals surface area contributed by atoms with Crippen LogP contribution in [0.15, 0.2) is 31.9 Å². The van der Waals surface area contributed by atoms with Crippen LogP contribution in [0.4, 0.5) is 20.3 Å². The van der Waals surface area contributed by atoms with Crippen LogP contribution < -0.4 is 22.5 Å². The van der Waals surface area contributed by atoms with Crippen LogP contribution in [0, 0.1) is 0 Å². The van der Waals surface area contributed by atoms with Crippen molar-refractivity contribution in [3.05, 3.63) is 11.4 Å². The molecule has 0 aliphatic rings. The summed E-state index contributed by atoms with van der Waals surface area (Å²) in [6, 6.07) is -0.0630. The van der Waals surface area contributed by atoms with Crippen molar-refractivity contribution in [2.45, 2.75) is 0 Å². The molecule has 0 atom stereocenters. The van der Waals surface area contributed by atoms with Gasteiger partial charge in [-0.05, 0) is 11.4 Å². The average molecular weight is 256 g/mol. The number of hydrogen-bond donors (Lipinski definition) is 4. The molecular weight excluding hydrogens is 248 g/mol. The van der Waals surface area contributed by atoms with Crippen molar-refractivity contribution in [3.63, 3.8) is 0 Å². The number of thiophene rings is 1. The zero-order valence-electron chi connectivity index (χ0n) is 8.32. The van der Waals surface area contributed by atoms with Gasteiger partial charge in [0.05, 0.1) is 0 Å². The Morgan fingerprint density at radius 1 is 1.12 bits per heavy atom. The van der Waals surface area contributed by atoms with Gasteiger partial charge in [0.15, 0.2) is 5.00 Å². The van der Waals surface area contributed by atoms with Crippen LogP contribution in [0.25, 0.3) is 0 Å². The Labute approximate surface area is 98.7 Å². The molecule has 1 heterocycles. The van der Waals surface area contributed by atoms with Crippen LogP contribution in [0.5, 0.6) is 0 Å². The molecule has 0 aromatic carbocycles. The van der Waals surface area contributed by atoms with Gasteiger partial charge in [-0.3, -0.25) is 10.9 Å². The van der Waals surface area contributed by atoms with E-state index in [4.69, 9.17) is 11.7 Å². The Morgan fingerprint density at radius 2 is 1.71 bits per heavy atom. The summed E-state index contributed by atoms with van der Waals surface area (Å²) >= 11 is 1.16. The molecule has 0 saturated carbocycles. The van der Waals surface area contributed by atoms with Gasteiger partial charge >= 0.3 is 12.1 Å². The number of hydrazine groups is 2. The molecule has 1 aromatic heterocycles. The third-order valence-corrected chi connectivity index (χ3v) is 2.14. The van der Waals surface area contributed by atoms with E-state index in [1.807, 2.05) is 0 Å². The van der Waals surface area contributed by atoms with Gasteiger partial charge in [-0.25, -0.2) is 21.3 Å². The summed E-state index contributed by atoms with van der Waals surface area (Å²) in [5.74, 6) is 9.61. The van der Waals surface area contributed by atoms with Gasteiger partial charge in [0.2, 0.25) is 0 Å². The largest absolute Gasteiger partial charge is 0.373 e. The second kappa shape index (κ2) is 6.37. The van der Waals surface area contributed by atoms with Gasteiger partial charge in [0, 0.05) is 0 Å². The highest BCUT2D eigenvalue weighted by Gasteiger charge is 2.04. The molecule has 4 amide bonds. The zero-order chi connectivity index (χ0) is 12.7. The number of urea groups is 2. The lowest BCUT2D eigenvalue weighted by atomic mass is 10.5. The molecule has 1 rings (SSSR count). The molecule has 17 heavy (non-hydrogen) atoms. The summed E-state index contributed by atoms with van der Waals surface area (Å²) < 4.78 is 0. The van der Waals surface area contributed by atoms with Gasteiger partial charge in [0.25, 0.3) is 0 Å². The first-order valence-corrected chi connectivity index (χ1v) is 4.97. The van der Waals surface area contributed by atoms with Crippen molar-refractivity contribution in [2.75, 3.05) is 0 Å². The number of nitrogens with two attached hydrogens (primary N) is 2. The molecule has 11 heteroatoms. The molecule has 90 valence electrons. The minimum Gasteiger partial charge on any atom is -0.273 e. The van der Waals surface area contributed by atoms with E-state index in [1.54, 1.807) is 22.3 Å². The number of nitrogens with one attached hydrogen (secondary N) is 2. The Kier molecular flexibility index (Phi) is 4.80. The molecule has 0 unspecified atom stereocenters. The minimum absolute atomic E-state index is 0.284. The lowest BCUT2D eigenvalue weighted by Crippen LogP contribution is -2.26. The van der Waals surface area contributed by atoms with E-state index in [9.17, 15) is 9.59 Å². The van der Waals surface area contributed by atoms with Crippen molar-refractivity contribution in [2.24, 2.45) is 32.1 Å². The van der Waals surface area contributed by atoms with Crippen LogP contribution >= 0.6 is 11.3 Å². The fourth-order valence-corrected chi connectivity index (χ4v) is 1.34. The molecule has 10 nitrogen and oxygen atoms in total. The first kappa shape index (κ1) is 12.8. The topological polar surface area (TPSA) is 160 Å². The second-order valence-corrected chi connectivity index (χ2v) is 3.30. The Bertz CT molecular complexity index is 426. The number of amides is 4. The summed E-state index contributed by atoms with van der Waals surface area (Å²) in [6.07, 6.45) is 0. The van der Waals surface area contributed by atoms with Gasteiger partial charge in [-0.15, -0.1) is 21.6 Å². The maximum absolute atomic E-state index is 10.7. The number of nitrogens with zero attached hydrogens (tertiary/aromatic N) is 4. The number of azo groups is 2. The first-order valence-electron chi connectivity index (χ1n) is 4.09. The smallest absolute Gasteiger partial charge is 0.273 e. The number of carbonyl (C=O) groups excluding carboxylic acids is 2. The third-order valence-electron chi connectivity index (χ3n) is 1.35. The molecule has 0 radical (unpaired) electrons. The Morgan fingerprint density at radius 3 is 2.29 bits per heavy atom. The van der Waals surface area contributed by atoms with Crippen LogP contribution in [-0.2, 0) is 0 Å². The summed E-state index contributed by atoms with van der Waals surface area (Å²) in [5, 5.41) is 15.5. The van der Waals surface area contributed by atoms with Crippen molar-refractivity contribution in [1.82, 2.24) is 10.9 Å². The highest BCUT2D eigenvalue weighted by molar-refractivity contribution is 7.14. The van der Waals surface area contributed by atoms with E-state index in [2.05, 4.69) is 20.5 Å². The molecule has 0 bridgehead atoms. The lowest BCUT2D eigenvalue weighted by molar-refractivity contribution is 0.247. The van der Waals surface area contributed by atoms with E-state index < -0.39 is 12.1 Å². The van der Waals surface area contributed by atoms with Crippen LogP contribution in [0.3, 0.4) is 0 Å². The predicted octanol–water partition coefficient (Wildman–Crippen LogP) is 1.08. The first-order chi connectivity index (χ1) is 8.17. The summed E-state index contributed by atoms with van der Waals surface area (Å²) in [6.45, 7) is 0. The van der Waals surface area contributed by atoms with Crippen LogP contribution in [0.1, 0.15) is 0 Å². The average Bonchev–Trinajstić information content (AvgIpc) is 2.80. The molecule has 6 N–H and O–H groups in total. The van der Waals surface area contributed by atoms with Crippen molar-refractivity contribution in [1.29, 1.82) is 0 Å². The third kappa shape index (κ3) is 4.02. The molecule has 1 aromatic rings. The normalized spacial score (nSPS) is 10.9. The number of carbonyl (C=O) groups is 2. The molecule has 0 spiro atoms. The standard InChI is InChI=1S/C6H8N8O2S/c7-9-5(15)13-11-3-1-2-17-4(3)12-14-6(16)10-8/h1-2H,7-8H2,(H,9,15)(H,10,16). The molecule has 0 fully saturated rings. The SMILES string of the molecule is NNC(=O)N=Nc1ccsc1N=NC(=O)NN. The van der Waals surface area contributed by atoms with E-state index in [0.29, 0.717) is 5.00 Å². The second-order valence-electron chi connectivity index (χ2n) is 2.41. The number of hydrogen-bond acceptors (Lipinski definition) is 7. The van der Waals surface area contributed by atoms with Crippen LogP contribution in [-0.4, -0.2) is 12.1 Å². The maximum Gasteiger partial charge on any atom is 0.373 e. The maximum atomic E-state index is 10.7. The van der Waals surface area contributed by atoms with Gasteiger partial charge < -0.3 is 0 Å². The van der Waals surface area contributed by atoms with Crippen molar-refractivity contribution < 1.29 is 9.59 Å². The molecule has 0 aliphatic heterocycles. The van der Waals surface area contributed by atoms with Crippen molar-refractivity contribution in [3.8, 4) is 0 Å². The summed E-state index contributed by atoms with van der Waals surface area (Å²) in [5.41, 5.74) is 3.84. The highest BCUT2D eigenvalue weighted by Crippen LogP contribution is 2.34. The Balaban J connectivity index is 2.79. The molecular formula is C6H8N8O2S. The van der Waals surface area contributed by atoms with Gasteiger partial charge in [-0.2, -0.15) is 0 Å². The van der Waals surface area contributed by atoms with Crippen LogP contribution in [0.2, 0.25) is 0 Å². The summed E-state index contributed by atoms with van der Waals surface area (Å²) in [7, 11) is 0. The lowest BCUT2D eigenvalue weighted by Gasteiger charge is -1.90.